The lowest BCUT2D eigenvalue weighted by molar-refractivity contribution is -0.151. The summed E-state index contributed by atoms with van der Waals surface area (Å²) in [4.78, 5) is 22.1. The molecule has 1 atom stereocenters. The molecule has 0 fully saturated rings. The highest BCUT2D eigenvalue weighted by Gasteiger charge is 2.19. The molecule has 0 aromatic rings. The summed E-state index contributed by atoms with van der Waals surface area (Å²) < 4.78 is 9.28. The van der Waals surface area contributed by atoms with Crippen molar-refractivity contribution in [1.29, 1.82) is 0 Å². The Labute approximate surface area is 87.9 Å². The molecule has 0 aliphatic heterocycles. The number of rotatable bonds is 7. The van der Waals surface area contributed by atoms with Crippen molar-refractivity contribution in [2.75, 3.05) is 26.3 Å². The molecule has 7 nitrogen and oxygen atoms in total. The maximum Gasteiger partial charge on any atom is 0.323 e. The Morgan fingerprint density at radius 3 is 2.13 bits per heavy atom. The Morgan fingerprint density at radius 1 is 1.07 bits per heavy atom. The van der Waals surface area contributed by atoms with Gasteiger partial charge in [-0.1, -0.05) is 0 Å². The summed E-state index contributed by atoms with van der Waals surface area (Å²) in [6.45, 7) is 0.655. The van der Waals surface area contributed by atoms with E-state index in [4.69, 9.17) is 17.2 Å². The van der Waals surface area contributed by atoms with Crippen molar-refractivity contribution in [2.24, 2.45) is 17.2 Å². The zero-order valence-corrected chi connectivity index (χ0v) is 8.48. The molecule has 0 radical (unpaired) electrons. The molecule has 0 saturated carbocycles. The Morgan fingerprint density at radius 2 is 1.60 bits per heavy atom. The highest BCUT2D eigenvalue weighted by Crippen LogP contribution is 1.95. The molecule has 15 heavy (non-hydrogen) atoms. The minimum Gasteiger partial charge on any atom is -0.464 e. The molecule has 0 spiro atoms. The Bertz CT molecular complexity index is 210. The summed E-state index contributed by atoms with van der Waals surface area (Å²) in [5.41, 5.74) is 15.6. The van der Waals surface area contributed by atoms with Crippen molar-refractivity contribution in [2.45, 2.75) is 12.5 Å². The molecule has 6 N–H and O–H groups in total. The van der Waals surface area contributed by atoms with E-state index < -0.39 is 18.0 Å². The van der Waals surface area contributed by atoms with Gasteiger partial charge in [-0.15, -0.1) is 0 Å². The van der Waals surface area contributed by atoms with Crippen LogP contribution in [0.1, 0.15) is 6.42 Å². The number of ether oxygens (including phenoxy) is 2. The maximum absolute atomic E-state index is 11.1. The van der Waals surface area contributed by atoms with Gasteiger partial charge in [-0.05, 0) is 0 Å². The van der Waals surface area contributed by atoms with Crippen LogP contribution in [-0.4, -0.2) is 44.3 Å². The summed E-state index contributed by atoms with van der Waals surface area (Å²) in [6, 6.07) is -1.01. The number of carbonyl (C=O) groups excluding carboxylic acids is 2. The minimum atomic E-state index is -1.01. The van der Waals surface area contributed by atoms with Crippen LogP contribution in [0.15, 0.2) is 0 Å². The van der Waals surface area contributed by atoms with Gasteiger partial charge in [-0.25, -0.2) is 0 Å². The van der Waals surface area contributed by atoms with Crippen LogP contribution in [0.3, 0.4) is 0 Å². The molecular formula is C8H17N3O4. The van der Waals surface area contributed by atoms with Gasteiger partial charge in [0.15, 0.2) is 0 Å². The number of esters is 2. The van der Waals surface area contributed by atoms with Crippen LogP contribution in [0.5, 0.6) is 0 Å². The van der Waals surface area contributed by atoms with Crippen LogP contribution in [0.4, 0.5) is 0 Å². The average molecular weight is 219 g/mol. The number of hydrogen-bond donors (Lipinski definition) is 3. The van der Waals surface area contributed by atoms with Crippen LogP contribution >= 0.6 is 0 Å². The molecule has 7 heteroatoms. The third-order valence-corrected chi connectivity index (χ3v) is 1.43. The topological polar surface area (TPSA) is 131 Å². The fourth-order valence-electron chi connectivity index (χ4n) is 0.761. The van der Waals surface area contributed by atoms with Gasteiger partial charge in [-0.2, -0.15) is 0 Å². The highest BCUT2D eigenvalue weighted by atomic mass is 16.5. The first kappa shape index (κ1) is 13.8. The van der Waals surface area contributed by atoms with Crippen LogP contribution < -0.4 is 17.2 Å². The van der Waals surface area contributed by atoms with Gasteiger partial charge in [-0.3, -0.25) is 9.59 Å². The predicted octanol–water partition coefficient (Wildman–Crippen LogP) is -2.29. The zero-order valence-electron chi connectivity index (χ0n) is 8.48. The molecule has 0 heterocycles. The van der Waals surface area contributed by atoms with Crippen molar-refractivity contribution in [3.63, 3.8) is 0 Å². The molecule has 0 aliphatic carbocycles. The lowest BCUT2D eigenvalue weighted by Gasteiger charge is -2.10. The van der Waals surface area contributed by atoms with E-state index in [0.29, 0.717) is 0 Å². The second-order valence-electron chi connectivity index (χ2n) is 2.78. The van der Waals surface area contributed by atoms with Crippen LogP contribution in [-0.2, 0) is 19.1 Å². The number of nitrogens with two attached hydrogens (primary N) is 3. The lowest BCUT2D eigenvalue weighted by Crippen LogP contribution is -2.36. The van der Waals surface area contributed by atoms with Crippen LogP contribution in [0.25, 0.3) is 0 Å². The van der Waals surface area contributed by atoms with E-state index in [2.05, 4.69) is 9.47 Å². The lowest BCUT2D eigenvalue weighted by atomic mass is 10.2. The summed E-state index contributed by atoms with van der Waals surface area (Å²) in [5, 5.41) is 0. The SMILES string of the molecule is NCCOC(=O)CC(N)C(=O)OCCN. The first-order valence-electron chi connectivity index (χ1n) is 4.59. The van der Waals surface area contributed by atoms with Crippen LogP contribution in [0.2, 0.25) is 0 Å². The van der Waals surface area contributed by atoms with Gasteiger partial charge >= 0.3 is 11.9 Å². The van der Waals surface area contributed by atoms with E-state index in [1.54, 1.807) is 0 Å². The van der Waals surface area contributed by atoms with Crippen molar-refractivity contribution >= 4 is 11.9 Å². The third kappa shape index (κ3) is 6.83. The normalized spacial score (nSPS) is 11.9. The van der Waals surface area contributed by atoms with Crippen molar-refractivity contribution in [3.05, 3.63) is 0 Å². The second-order valence-corrected chi connectivity index (χ2v) is 2.78. The number of carbonyl (C=O) groups is 2. The summed E-state index contributed by atoms with van der Waals surface area (Å²) in [7, 11) is 0. The summed E-state index contributed by atoms with van der Waals surface area (Å²) in [5.74, 6) is -1.23. The van der Waals surface area contributed by atoms with E-state index >= 15 is 0 Å². The van der Waals surface area contributed by atoms with Crippen molar-refractivity contribution in [3.8, 4) is 0 Å². The zero-order chi connectivity index (χ0) is 11.7. The van der Waals surface area contributed by atoms with E-state index in [1.807, 2.05) is 0 Å². The second kappa shape index (κ2) is 8.16. The summed E-state index contributed by atoms with van der Waals surface area (Å²) in [6.07, 6.45) is -0.219. The average Bonchev–Trinajstić information content (AvgIpc) is 2.22. The molecular weight excluding hydrogens is 202 g/mol. The van der Waals surface area contributed by atoms with Gasteiger partial charge in [0.2, 0.25) is 0 Å². The molecule has 0 amide bonds. The van der Waals surface area contributed by atoms with E-state index in [0.717, 1.165) is 0 Å². The Balaban J connectivity index is 3.75. The highest BCUT2D eigenvalue weighted by molar-refractivity contribution is 5.82. The number of hydrogen-bond acceptors (Lipinski definition) is 7. The molecule has 0 bridgehead atoms. The van der Waals surface area contributed by atoms with Crippen molar-refractivity contribution < 1.29 is 19.1 Å². The Hall–Kier alpha value is -1.18. The molecule has 88 valence electrons. The van der Waals surface area contributed by atoms with Gasteiger partial charge < -0.3 is 26.7 Å². The van der Waals surface area contributed by atoms with Gasteiger partial charge in [0.1, 0.15) is 19.3 Å². The quantitative estimate of drug-likeness (QED) is 0.410. The maximum atomic E-state index is 11.1. The largest absolute Gasteiger partial charge is 0.464 e. The van der Waals surface area contributed by atoms with Gasteiger partial charge in [0.25, 0.3) is 0 Å². The van der Waals surface area contributed by atoms with Gasteiger partial charge in [0.05, 0.1) is 6.42 Å². The molecule has 0 aromatic heterocycles. The van der Waals surface area contributed by atoms with E-state index in [1.165, 1.54) is 0 Å². The molecule has 0 aliphatic rings. The molecule has 0 rings (SSSR count). The fraction of sp³-hybridized carbons (Fsp3) is 0.750. The first-order chi connectivity index (χ1) is 7.11. The predicted molar refractivity (Wildman–Crippen MR) is 52.6 cm³/mol. The van der Waals surface area contributed by atoms with Crippen molar-refractivity contribution in [1.82, 2.24) is 0 Å². The van der Waals surface area contributed by atoms with E-state index in [9.17, 15) is 9.59 Å². The minimum absolute atomic E-state index is 0.0877. The van der Waals surface area contributed by atoms with Gasteiger partial charge in [0, 0.05) is 13.1 Å². The standard InChI is InChI=1S/C8H17N3O4/c9-1-3-14-7(12)5-6(11)8(13)15-4-2-10/h6H,1-5,9-11H2. The fourth-order valence-corrected chi connectivity index (χ4v) is 0.761. The molecule has 1 unspecified atom stereocenters. The summed E-state index contributed by atoms with van der Waals surface area (Å²) >= 11 is 0. The first-order valence-corrected chi connectivity index (χ1v) is 4.59. The third-order valence-electron chi connectivity index (χ3n) is 1.43. The van der Waals surface area contributed by atoms with E-state index in [-0.39, 0.29) is 32.7 Å². The monoisotopic (exact) mass is 219 g/mol. The molecule has 0 aromatic carbocycles. The Kier molecular flexibility index (Phi) is 7.51. The smallest absolute Gasteiger partial charge is 0.323 e. The molecule has 0 saturated heterocycles. The van der Waals surface area contributed by atoms with Crippen LogP contribution in [0, 0.1) is 0 Å².